The molecule has 0 radical (unpaired) electrons. The number of aromatic nitrogens is 1. The molecule has 13 heteroatoms. The molecule has 1 spiro atoms. The Morgan fingerprint density at radius 3 is 2.64 bits per heavy atom. The van der Waals surface area contributed by atoms with Crippen LogP contribution in [0.5, 0.6) is 0 Å². The molecule has 0 saturated carbocycles. The largest absolute Gasteiger partial charge is 0.446 e. The Kier molecular flexibility index (Phi) is 4.59. The van der Waals surface area contributed by atoms with Crippen LogP contribution in [0.2, 0.25) is 0 Å². The van der Waals surface area contributed by atoms with Crippen molar-refractivity contribution in [3.8, 4) is 12.3 Å². The number of rotatable bonds is 1. The number of amides is 5. The molecule has 4 aliphatic rings. The van der Waals surface area contributed by atoms with Gasteiger partial charge in [0, 0.05) is 13.0 Å². The van der Waals surface area contributed by atoms with E-state index in [0.717, 1.165) is 4.90 Å². The maximum absolute atomic E-state index is 16.1. The van der Waals surface area contributed by atoms with Crippen molar-refractivity contribution in [2.75, 3.05) is 23.0 Å². The molecule has 36 heavy (non-hydrogen) atoms. The maximum atomic E-state index is 16.1. The van der Waals surface area contributed by atoms with Gasteiger partial charge >= 0.3 is 12.1 Å². The summed E-state index contributed by atoms with van der Waals surface area (Å²) in [5.74, 6) is 0.0224. The Hall–Kier alpha value is -4.18. The first-order valence-electron chi connectivity index (χ1n) is 11.3. The number of carbonyl (C=O) groups excluding carboxylic acids is 4. The quantitative estimate of drug-likeness (QED) is 0.432. The summed E-state index contributed by atoms with van der Waals surface area (Å²) in [4.78, 5) is 53.5. The zero-order chi connectivity index (χ0) is 25.5. The average Bonchev–Trinajstić information content (AvgIpc) is 3.39. The lowest BCUT2D eigenvalue weighted by molar-refractivity contribution is -0.153. The number of benzene rings is 1. The first-order chi connectivity index (χ1) is 17.2. The van der Waals surface area contributed by atoms with E-state index >= 15 is 4.39 Å². The molecular weight excluding hydrogens is 477 g/mol. The molecular formula is C23H20FN5O7. The van der Waals surface area contributed by atoms with E-state index < -0.39 is 53.4 Å². The van der Waals surface area contributed by atoms with Crippen molar-refractivity contribution >= 4 is 46.4 Å². The molecule has 2 aromatic rings. The van der Waals surface area contributed by atoms with E-state index in [4.69, 9.17) is 20.4 Å². The molecule has 6 rings (SSSR count). The second-order valence-electron chi connectivity index (χ2n) is 9.35. The van der Waals surface area contributed by atoms with Crippen LogP contribution < -0.4 is 20.4 Å². The SMILES string of the molecule is C#CC1COC(=O)N1c1noc2c(F)c3c(cc12)CC1(C(=O)NC(=O)NC1=O)C1C(C)OC(C)CN31. The van der Waals surface area contributed by atoms with E-state index in [9.17, 15) is 19.2 Å². The Morgan fingerprint density at radius 1 is 1.22 bits per heavy atom. The molecule has 5 amide bonds. The number of morpholine rings is 1. The lowest BCUT2D eigenvalue weighted by Crippen LogP contribution is -2.75. The zero-order valence-corrected chi connectivity index (χ0v) is 19.2. The smallest absolute Gasteiger partial charge is 0.416 e. The number of hydrogen-bond donors (Lipinski definition) is 2. The van der Waals surface area contributed by atoms with E-state index in [1.165, 1.54) is 6.07 Å². The summed E-state index contributed by atoms with van der Waals surface area (Å²) < 4.78 is 32.4. The molecule has 12 nitrogen and oxygen atoms in total. The van der Waals surface area contributed by atoms with E-state index in [1.54, 1.807) is 18.7 Å². The van der Waals surface area contributed by atoms with Gasteiger partial charge in [0.2, 0.25) is 17.4 Å². The minimum atomic E-state index is -1.79. The normalized spacial score (nSPS) is 28.9. The molecule has 4 atom stereocenters. The van der Waals surface area contributed by atoms with Gasteiger partial charge in [0.1, 0.15) is 12.6 Å². The van der Waals surface area contributed by atoms with Crippen molar-refractivity contribution in [1.29, 1.82) is 0 Å². The van der Waals surface area contributed by atoms with Crippen molar-refractivity contribution < 1.29 is 37.6 Å². The van der Waals surface area contributed by atoms with Crippen LogP contribution in [0.4, 0.5) is 25.5 Å². The first-order valence-corrected chi connectivity index (χ1v) is 11.3. The van der Waals surface area contributed by atoms with E-state index in [2.05, 4.69) is 21.7 Å². The van der Waals surface area contributed by atoms with E-state index in [-0.39, 0.29) is 48.2 Å². The predicted molar refractivity (Wildman–Crippen MR) is 119 cm³/mol. The highest BCUT2D eigenvalue weighted by atomic mass is 19.1. The maximum Gasteiger partial charge on any atom is 0.416 e. The second kappa shape index (κ2) is 7.41. The van der Waals surface area contributed by atoms with Crippen LogP contribution in [0.25, 0.3) is 11.0 Å². The molecule has 0 bridgehead atoms. The number of imide groups is 2. The third-order valence-electron chi connectivity index (χ3n) is 7.24. The third-order valence-corrected chi connectivity index (χ3v) is 7.24. The van der Waals surface area contributed by atoms with Crippen molar-refractivity contribution in [2.45, 2.75) is 44.6 Å². The lowest BCUT2D eigenvalue weighted by atomic mass is 9.66. The highest BCUT2D eigenvalue weighted by Crippen LogP contribution is 2.49. The van der Waals surface area contributed by atoms with Crippen molar-refractivity contribution in [3.05, 3.63) is 17.4 Å². The number of nitrogens with zero attached hydrogens (tertiary/aromatic N) is 3. The van der Waals surface area contributed by atoms with Crippen LogP contribution in [0, 0.1) is 23.6 Å². The molecule has 4 unspecified atom stereocenters. The number of ether oxygens (including phenoxy) is 2. The van der Waals surface area contributed by atoms with Gasteiger partial charge < -0.3 is 18.9 Å². The molecule has 5 heterocycles. The van der Waals surface area contributed by atoms with Crippen LogP contribution in [0.15, 0.2) is 10.6 Å². The van der Waals surface area contributed by atoms with Crippen LogP contribution in [0.1, 0.15) is 19.4 Å². The molecule has 3 saturated heterocycles. The van der Waals surface area contributed by atoms with Crippen molar-refractivity contribution in [1.82, 2.24) is 15.8 Å². The topological polar surface area (TPSA) is 143 Å². The summed E-state index contributed by atoms with van der Waals surface area (Å²) >= 11 is 0. The van der Waals surface area contributed by atoms with Gasteiger partial charge in [-0.2, -0.15) is 0 Å². The van der Waals surface area contributed by atoms with Crippen LogP contribution in [0.3, 0.4) is 0 Å². The Balaban J connectivity index is 1.58. The number of terminal acetylenes is 1. The Bertz CT molecular complexity index is 1390. The predicted octanol–water partition coefficient (Wildman–Crippen LogP) is 0.816. The monoisotopic (exact) mass is 497 g/mol. The number of nitrogens with one attached hydrogen (secondary N) is 2. The Labute approximate surface area is 203 Å². The van der Waals surface area contributed by atoms with Gasteiger partial charge in [0.05, 0.1) is 29.3 Å². The van der Waals surface area contributed by atoms with Gasteiger partial charge in [-0.25, -0.2) is 18.9 Å². The molecule has 0 aliphatic carbocycles. The summed E-state index contributed by atoms with van der Waals surface area (Å²) in [6.45, 7) is 3.58. The number of anilines is 2. The molecule has 1 aromatic heterocycles. The Morgan fingerprint density at radius 2 is 1.94 bits per heavy atom. The van der Waals surface area contributed by atoms with Gasteiger partial charge in [0.15, 0.2) is 17.1 Å². The zero-order valence-electron chi connectivity index (χ0n) is 19.2. The number of halogens is 1. The second-order valence-corrected chi connectivity index (χ2v) is 9.35. The number of hydrogen-bond acceptors (Lipinski definition) is 9. The fourth-order valence-electron chi connectivity index (χ4n) is 5.89. The number of cyclic esters (lactones) is 1. The third kappa shape index (κ3) is 2.75. The average molecular weight is 497 g/mol. The highest BCUT2D eigenvalue weighted by Gasteiger charge is 2.63. The number of urea groups is 1. The molecule has 186 valence electrons. The van der Waals surface area contributed by atoms with Crippen LogP contribution >= 0.6 is 0 Å². The lowest BCUT2D eigenvalue weighted by Gasteiger charge is -2.55. The van der Waals surface area contributed by atoms with E-state index in [1.807, 2.05) is 0 Å². The van der Waals surface area contributed by atoms with Gasteiger partial charge in [-0.1, -0.05) is 11.1 Å². The van der Waals surface area contributed by atoms with Gasteiger partial charge in [0.25, 0.3) is 0 Å². The van der Waals surface area contributed by atoms with Gasteiger partial charge in [-0.15, -0.1) is 6.42 Å². The standard InChI is InChI=1S/C23H20FN5O7/c1-4-12-8-34-22(33)29(12)18-13-5-11-6-23(19(30)25-21(32)26-20(23)31)17-10(3)35-9(2)7-28(17)15(11)14(24)16(13)36-27-18/h1,5,9-10,12,17H,6-8H2,2-3H3,(H2,25,26,30,31,32). The first kappa shape index (κ1) is 22.3. The summed E-state index contributed by atoms with van der Waals surface area (Å²) in [6.07, 6.45) is 3.50. The van der Waals surface area contributed by atoms with Crippen LogP contribution in [-0.4, -0.2) is 66.5 Å². The molecule has 1 aromatic carbocycles. The molecule has 3 fully saturated rings. The van der Waals surface area contributed by atoms with Gasteiger partial charge in [-0.05, 0) is 25.5 Å². The number of barbiturate groups is 1. The fourth-order valence-corrected chi connectivity index (χ4v) is 5.89. The minimum absolute atomic E-state index is 0.0373. The van der Waals surface area contributed by atoms with Crippen molar-refractivity contribution in [3.63, 3.8) is 0 Å². The number of fused-ring (bicyclic) bond motifs is 5. The van der Waals surface area contributed by atoms with Gasteiger partial charge in [-0.3, -0.25) is 20.2 Å². The fraction of sp³-hybridized carbons (Fsp3) is 0.435. The summed E-state index contributed by atoms with van der Waals surface area (Å²) in [5.41, 5.74) is -1.57. The van der Waals surface area contributed by atoms with Crippen LogP contribution in [-0.2, 0) is 25.5 Å². The summed E-state index contributed by atoms with van der Waals surface area (Å²) in [7, 11) is 0. The number of carbonyl (C=O) groups is 4. The summed E-state index contributed by atoms with van der Waals surface area (Å²) in [6, 6.07) is -1.09. The molecule has 4 aliphatic heterocycles. The van der Waals surface area contributed by atoms with E-state index in [0.29, 0.717) is 5.56 Å². The molecule has 2 N–H and O–H groups in total. The van der Waals surface area contributed by atoms with Crippen molar-refractivity contribution in [2.24, 2.45) is 5.41 Å². The highest BCUT2D eigenvalue weighted by molar-refractivity contribution is 6.20. The summed E-state index contributed by atoms with van der Waals surface area (Å²) in [5, 5.41) is 8.39. The minimum Gasteiger partial charge on any atom is -0.446 e.